The number of carboxylic acids is 2. The van der Waals surface area contributed by atoms with Crippen molar-refractivity contribution in [2.75, 3.05) is 58.4 Å². The van der Waals surface area contributed by atoms with Crippen LogP contribution in [0.25, 0.3) is 11.1 Å². The van der Waals surface area contributed by atoms with Crippen molar-refractivity contribution in [1.82, 2.24) is 73.2 Å². The minimum atomic E-state index is -2.13. The highest BCUT2D eigenvalue weighted by molar-refractivity contribution is 8.00. The van der Waals surface area contributed by atoms with Gasteiger partial charge in [-0.25, -0.2) is 0 Å². The van der Waals surface area contributed by atoms with Crippen molar-refractivity contribution in [2.45, 2.75) is 164 Å². The van der Waals surface area contributed by atoms with Crippen LogP contribution in [0.3, 0.4) is 0 Å². The summed E-state index contributed by atoms with van der Waals surface area (Å²) in [4.78, 5) is 250. The van der Waals surface area contributed by atoms with Crippen molar-refractivity contribution in [2.24, 2.45) is 17.4 Å². The number of nitrogens with one attached hydrogen (secondary N) is 11. The quantitative estimate of drug-likeness (QED) is 0.0500. The molecule has 2 aliphatic rings. The lowest BCUT2D eigenvalue weighted by molar-refractivity contribution is -0.145. The molecule has 0 spiro atoms. The average Bonchev–Trinajstić information content (AvgIpc) is 1.74. The van der Waals surface area contributed by atoms with Crippen molar-refractivity contribution >= 4 is 118 Å². The molecule has 16 amide bonds. The standard InChI is InChI=1S/C72H98N16O24S/c1-36(2)58-67(107)79-45(29-57(99)100)64(104)84-60(38(4)92)69(109)85-59(37(3)91)68(108)81-47(32-89)70(110)86(5)31-54(95)77-46(27-40-19-21-42(22-20-40)41-16-11-8-12-17-41)71(111)87(6)50(23-24-56(97)98)65(105)78-44(28-52(73)93)62(102)80-48(33-90)72(112)88-25-13-18-51(88)66(106)82-49(61(101)75-30-53(74)94)34-113-35-55(96)76-43(63(103)83-58)26-39-14-9-7-10-15-39/h7-12,14-17,19-22,36-38,43-51,58-60,89-92H,13,18,23-35H2,1-6H3,(H2,73,93)(H2,74,94)(H,75,101)(H,76,96)(H,77,95)(H,78,105)(H,79,107)(H,80,102)(H,81,108)(H,82,106)(H,83,103)(H,84,104)(H,85,109)(H,97,98)(H,99,100)/t37-,38-,43+,44+,45+,46+,47+,48+,49+,50+,51+,58?,59+,60+/m1/s1. The van der Waals surface area contributed by atoms with Crippen molar-refractivity contribution in [3.63, 3.8) is 0 Å². The van der Waals surface area contributed by atoms with Crippen LogP contribution in [-0.4, -0.2) is 295 Å². The van der Waals surface area contributed by atoms with Crippen LogP contribution in [0.4, 0.5) is 0 Å². The van der Waals surface area contributed by atoms with E-state index >= 15 is 0 Å². The number of fused-ring (bicyclic) bond motifs is 1. The number of aliphatic hydroxyl groups excluding tert-OH is 4. The maximum atomic E-state index is 15.0. The predicted octanol–water partition coefficient (Wildman–Crippen LogP) is -7.77. The number of primary amides is 2. The molecule has 3 aromatic rings. The summed E-state index contributed by atoms with van der Waals surface area (Å²) < 4.78 is 0. The van der Waals surface area contributed by atoms with Crippen LogP contribution in [0, 0.1) is 5.92 Å². The van der Waals surface area contributed by atoms with Crippen LogP contribution >= 0.6 is 11.8 Å². The van der Waals surface area contributed by atoms with E-state index in [9.17, 15) is 117 Å². The molecular weight excluding hydrogens is 1500 g/mol. The van der Waals surface area contributed by atoms with E-state index in [0.717, 1.165) is 55.1 Å². The monoisotopic (exact) mass is 1600 g/mol. The van der Waals surface area contributed by atoms with E-state index in [1.807, 2.05) is 12.1 Å². The number of rotatable bonds is 20. The van der Waals surface area contributed by atoms with Crippen LogP contribution in [0.5, 0.6) is 0 Å². The fraction of sp³-hybridized carbons (Fsp3) is 0.500. The molecule has 3 aromatic carbocycles. The molecule has 2 saturated heterocycles. The van der Waals surface area contributed by atoms with E-state index in [1.165, 1.54) is 13.8 Å². The van der Waals surface area contributed by atoms with Gasteiger partial charge in [-0.2, -0.15) is 0 Å². The zero-order valence-electron chi connectivity index (χ0n) is 62.8. The lowest BCUT2D eigenvalue weighted by atomic mass is 9.99. The van der Waals surface area contributed by atoms with Gasteiger partial charge >= 0.3 is 11.9 Å². The lowest BCUT2D eigenvalue weighted by Gasteiger charge is -2.32. The molecule has 0 saturated carbocycles. The highest BCUT2D eigenvalue weighted by Gasteiger charge is 2.43. The smallest absolute Gasteiger partial charge is 0.305 e. The molecule has 2 heterocycles. The lowest BCUT2D eigenvalue weighted by Crippen LogP contribution is -2.63. The number of amides is 16. The van der Waals surface area contributed by atoms with Gasteiger partial charge in [-0.15, -0.1) is 11.8 Å². The largest absolute Gasteiger partial charge is 0.481 e. The minimum absolute atomic E-state index is 0.0909. The van der Waals surface area contributed by atoms with E-state index in [2.05, 4.69) is 58.5 Å². The summed E-state index contributed by atoms with van der Waals surface area (Å²) in [6.07, 6.45) is -8.18. The summed E-state index contributed by atoms with van der Waals surface area (Å²) in [6, 6.07) is 1.50. The molecule has 5 rings (SSSR count). The first kappa shape index (κ1) is 91.9. The molecule has 2 fully saturated rings. The van der Waals surface area contributed by atoms with Crippen molar-refractivity contribution < 1.29 is 117 Å². The Morgan fingerprint density at radius 2 is 1.00 bits per heavy atom. The van der Waals surface area contributed by atoms with Gasteiger partial charge in [0.05, 0.1) is 57.1 Å². The van der Waals surface area contributed by atoms with Gasteiger partial charge in [-0.3, -0.25) is 86.3 Å². The van der Waals surface area contributed by atoms with Gasteiger partial charge in [0.1, 0.15) is 72.5 Å². The van der Waals surface area contributed by atoms with Crippen LogP contribution < -0.4 is 70.0 Å². The van der Waals surface area contributed by atoms with E-state index in [1.54, 1.807) is 72.8 Å². The highest BCUT2D eigenvalue weighted by atomic mass is 32.2. The van der Waals surface area contributed by atoms with Crippen molar-refractivity contribution in [3.05, 3.63) is 96.1 Å². The van der Waals surface area contributed by atoms with Gasteiger partial charge in [-0.1, -0.05) is 98.8 Å². The van der Waals surface area contributed by atoms with E-state index in [-0.39, 0.29) is 32.2 Å². The van der Waals surface area contributed by atoms with Crippen LogP contribution in [0.2, 0.25) is 0 Å². The molecule has 616 valence electrons. The van der Waals surface area contributed by atoms with E-state index in [4.69, 9.17) is 11.5 Å². The maximum absolute atomic E-state index is 15.0. The van der Waals surface area contributed by atoms with Gasteiger partial charge in [0.2, 0.25) is 94.5 Å². The van der Waals surface area contributed by atoms with Gasteiger partial charge in [-0.05, 0) is 61.3 Å². The number of nitrogens with zero attached hydrogens (tertiary/aromatic N) is 3. The molecule has 0 aliphatic carbocycles. The van der Waals surface area contributed by atoms with Gasteiger partial charge in [0.25, 0.3) is 0 Å². The van der Waals surface area contributed by atoms with Crippen LogP contribution in [0.1, 0.15) is 77.3 Å². The molecule has 1 unspecified atom stereocenters. The number of benzene rings is 3. The Balaban J connectivity index is 1.58. The van der Waals surface area contributed by atoms with Crippen molar-refractivity contribution in [1.29, 1.82) is 0 Å². The number of hydrogen-bond acceptors (Lipinski definition) is 23. The second-order valence-electron chi connectivity index (χ2n) is 27.3. The Labute approximate surface area is 652 Å². The van der Waals surface area contributed by atoms with Crippen molar-refractivity contribution in [3.8, 4) is 11.1 Å². The molecule has 113 heavy (non-hydrogen) atoms. The second kappa shape index (κ2) is 44.4. The highest BCUT2D eigenvalue weighted by Crippen LogP contribution is 2.23. The SMILES string of the molecule is CC(C)C1NC(=O)[C@H](Cc2ccccc2)NC(=O)CSC[C@@H](C(=O)NCC(N)=O)NC(=O)[C@@H]2CCCN2C(=O)[C@H](CO)NC(=O)[C@H](CC(N)=O)NC(=O)[C@H](CCC(=O)O)N(C)C(=O)[C@H](Cc2ccc(-c3ccccc3)cc2)NC(=O)CN(C)C(=O)[C@H](CO)NC(=O)[C@H]([C@@H](C)O)NC(=O)[C@H]([C@@H](C)O)NC(=O)[C@H](CC(=O)O)NC1=O. The van der Waals surface area contributed by atoms with E-state index < -0.39 is 261 Å². The fourth-order valence-corrected chi connectivity index (χ4v) is 12.9. The zero-order valence-corrected chi connectivity index (χ0v) is 63.6. The third-order valence-electron chi connectivity index (χ3n) is 18.0. The average molecular weight is 1600 g/mol. The number of aliphatic hydroxyl groups is 4. The number of nitrogens with two attached hydrogens (primary N) is 2. The second-order valence-corrected chi connectivity index (χ2v) is 28.3. The Kier molecular flexibility index (Phi) is 36.1. The summed E-state index contributed by atoms with van der Waals surface area (Å²) >= 11 is 0.717. The van der Waals surface area contributed by atoms with Crippen LogP contribution in [-0.2, 0) is 99.1 Å². The number of likely N-dealkylation sites (N-methyl/N-ethyl adjacent to an activating group) is 2. The first-order valence-corrected chi connectivity index (χ1v) is 37.0. The molecule has 2 aliphatic heterocycles. The molecular formula is C72H98N16O24S. The number of aliphatic carboxylic acids is 2. The predicted molar refractivity (Wildman–Crippen MR) is 399 cm³/mol. The number of thioether (sulfide) groups is 1. The molecule has 41 heteroatoms. The first-order valence-electron chi connectivity index (χ1n) is 35.8. The number of hydrogen-bond donors (Lipinski definition) is 19. The molecule has 0 aromatic heterocycles. The summed E-state index contributed by atoms with van der Waals surface area (Å²) in [7, 11) is 2.06. The van der Waals surface area contributed by atoms with E-state index in [0.29, 0.717) is 21.6 Å². The summed E-state index contributed by atoms with van der Waals surface area (Å²) in [5, 5.41) is 88.1. The topological polar surface area (TPSA) is 623 Å². The first-order chi connectivity index (χ1) is 53.3. The Morgan fingerprint density at radius 3 is 1.57 bits per heavy atom. The molecule has 40 nitrogen and oxygen atoms in total. The summed E-state index contributed by atoms with van der Waals surface area (Å²) in [5.74, 6) is -23.9. The Bertz CT molecular complexity index is 3930. The van der Waals surface area contributed by atoms with Gasteiger partial charge < -0.3 is 115 Å². The molecule has 21 N–H and O–H groups in total. The summed E-state index contributed by atoms with van der Waals surface area (Å²) in [5.41, 5.74) is 13.2. The maximum Gasteiger partial charge on any atom is 0.305 e. The van der Waals surface area contributed by atoms with Crippen LogP contribution in [0.15, 0.2) is 84.9 Å². The zero-order chi connectivity index (χ0) is 84.1. The third-order valence-corrected chi connectivity index (χ3v) is 19.1. The number of carbonyl (C=O) groups excluding carboxylic acids is 16. The number of carbonyl (C=O) groups is 18. The van der Waals surface area contributed by atoms with Gasteiger partial charge in [0.15, 0.2) is 0 Å². The minimum Gasteiger partial charge on any atom is -0.481 e. The van der Waals surface area contributed by atoms with Gasteiger partial charge in [0, 0.05) is 45.7 Å². The normalized spacial score (nSPS) is 24.8. The summed E-state index contributed by atoms with van der Waals surface area (Å²) in [6.45, 7) is 0.542. The number of carboxylic acid groups (broad SMARTS) is 2. The molecule has 0 bridgehead atoms. The Morgan fingerprint density at radius 1 is 0.513 bits per heavy atom. The molecule has 14 atom stereocenters. The third kappa shape index (κ3) is 28.5. The molecule has 0 radical (unpaired) electrons. The fourth-order valence-electron chi connectivity index (χ4n) is 12.0. The Hall–Kier alpha value is -11.7.